The molecule has 0 spiro atoms. The second-order valence-corrected chi connectivity index (χ2v) is 7.32. The van der Waals surface area contributed by atoms with E-state index in [1.54, 1.807) is 18.2 Å². The SMILES string of the molecule is COCc1nc(N[C@@H]2C[C@@H]3CC[C@H]2C3)ncc1C(=O)N1CCOCC1. The van der Waals surface area contributed by atoms with Crippen molar-refractivity contribution < 1.29 is 14.3 Å². The van der Waals surface area contributed by atoms with Crippen LogP contribution in [0.4, 0.5) is 5.95 Å². The van der Waals surface area contributed by atoms with Crippen molar-refractivity contribution in [1.29, 1.82) is 0 Å². The molecule has 1 aromatic heterocycles. The van der Waals surface area contributed by atoms with Crippen LogP contribution in [0.15, 0.2) is 6.20 Å². The van der Waals surface area contributed by atoms with Gasteiger partial charge in [-0.1, -0.05) is 6.42 Å². The van der Waals surface area contributed by atoms with Crippen LogP contribution in [0.1, 0.15) is 41.7 Å². The number of ether oxygens (including phenoxy) is 2. The Kier molecular flexibility index (Phi) is 4.85. The lowest BCUT2D eigenvalue weighted by Gasteiger charge is -2.27. The molecule has 7 nitrogen and oxygen atoms in total. The number of hydrogen-bond donors (Lipinski definition) is 1. The van der Waals surface area contributed by atoms with Gasteiger partial charge in [0.1, 0.15) is 0 Å². The molecule has 2 aliphatic carbocycles. The number of amides is 1. The smallest absolute Gasteiger partial charge is 0.257 e. The predicted octanol–water partition coefficient (Wildman–Crippen LogP) is 1.70. The van der Waals surface area contributed by atoms with Crippen LogP contribution in [-0.2, 0) is 16.1 Å². The number of carbonyl (C=O) groups excluding carboxylic acids is 1. The molecule has 136 valence electrons. The zero-order chi connectivity index (χ0) is 17.2. The summed E-state index contributed by atoms with van der Waals surface area (Å²) >= 11 is 0. The highest BCUT2D eigenvalue weighted by Crippen LogP contribution is 2.45. The van der Waals surface area contributed by atoms with E-state index in [-0.39, 0.29) is 5.91 Å². The molecule has 1 N–H and O–H groups in total. The predicted molar refractivity (Wildman–Crippen MR) is 92.3 cm³/mol. The number of fused-ring (bicyclic) bond motifs is 2. The van der Waals surface area contributed by atoms with Crippen LogP contribution in [0.3, 0.4) is 0 Å². The van der Waals surface area contributed by atoms with Gasteiger partial charge < -0.3 is 19.7 Å². The second kappa shape index (κ2) is 7.25. The molecule has 3 fully saturated rings. The van der Waals surface area contributed by atoms with E-state index >= 15 is 0 Å². The quantitative estimate of drug-likeness (QED) is 0.874. The van der Waals surface area contributed by atoms with Crippen molar-refractivity contribution >= 4 is 11.9 Å². The first-order valence-corrected chi connectivity index (χ1v) is 9.23. The van der Waals surface area contributed by atoms with Crippen LogP contribution in [0.5, 0.6) is 0 Å². The number of methoxy groups -OCH3 is 1. The third-order valence-corrected chi connectivity index (χ3v) is 5.73. The Bertz CT molecular complexity index is 633. The van der Waals surface area contributed by atoms with Crippen LogP contribution < -0.4 is 5.32 Å². The number of nitrogens with one attached hydrogen (secondary N) is 1. The molecule has 3 atom stereocenters. The van der Waals surface area contributed by atoms with Gasteiger partial charge in [-0.2, -0.15) is 0 Å². The van der Waals surface area contributed by atoms with Crippen molar-refractivity contribution in [3.05, 3.63) is 17.5 Å². The maximum absolute atomic E-state index is 12.8. The fourth-order valence-electron chi connectivity index (χ4n) is 4.44. The summed E-state index contributed by atoms with van der Waals surface area (Å²) in [6.45, 7) is 2.68. The summed E-state index contributed by atoms with van der Waals surface area (Å²) in [5.74, 6) is 2.18. The molecule has 4 rings (SSSR count). The molecule has 0 unspecified atom stereocenters. The molecule has 1 aliphatic heterocycles. The number of nitrogens with zero attached hydrogens (tertiary/aromatic N) is 3. The topological polar surface area (TPSA) is 76.6 Å². The first kappa shape index (κ1) is 16.7. The van der Waals surface area contributed by atoms with E-state index in [4.69, 9.17) is 9.47 Å². The summed E-state index contributed by atoms with van der Waals surface area (Å²) in [4.78, 5) is 23.6. The minimum atomic E-state index is -0.0400. The minimum Gasteiger partial charge on any atom is -0.378 e. The van der Waals surface area contributed by atoms with Gasteiger partial charge in [-0.3, -0.25) is 4.79 Å². The van der Waals surface area contributed by atoms with Gasteiger partial charge in [0, 0.05) is 32.4 Å². The fraction of sp³-hybridized carbons (Fsp3) is 0.722. The van der Waals surface area contributed by atoms with E-state index < -0.39 is 0 Å². The maximum atomic E-state index is 12.8. The Balaban J connectivity index is 1.50. The molecule has 0 radical (unpaired) electrons. The van der Waals surface area contributed by atoms with Crippen molar-refractivity contribution in [3.8, 4) is 0 Å². The van der Waals surface area contributed by atoms with Gasteiger partial charge in [0.15, 0.2) is 0 Å². The van der Waals surface area contributed by atoms with Crippen LogP contribution in [-0.4, -0.2) is 60.2 Å². The van der Waals surface area contributed by atoms with Crippen molar-refractivity contribution in [2.24, 2.45) is 11.8 Å². The average molecular weight is 346 g/mol. The van der Waals surface area contributed by atoms with Gasteiger partial charge in [0.05, 0.1) is 31.1 Å². The fourth-order valence-corrected chi connectivity index (χ4v) is 4.44. The normalized spacial score (nSPS) is 28.4. The molecule has 7 heteroatoms. The lowest BCUT2D eigenvalue weighted by atomic mass is 9.95. The molecule has 25 heavy (non-hydrogen) atoms. The van der Waals surface area contributed by atoms with Gasteiger partial charge >= 0.3 is 0 Å². The summed E-state index contributed by atoms with van der Waals surface area (Å²) < 4.78 is 10.6. The molecular formula is C18H26N4O3. The number of hydrogen-bond acceptors (Lipinski definition) is 6. The third kappa shape index (κ3) is 3.48. The molecule has 2 bridgehead atoms. The van der Waals surface area contributed by atoms with Gasteiger partial charge in [-0.15, -0.1) is 0 Å². The lowest BCUT2D eigenvalue weighted by Crippen LogP contribution is -2.41. The Morgan fingerprint density at radius 3 is 2.88 bits per heavy atom. The summed E-state index contributed by atoms with van der Waals surface area (Å²) in [5, 5.41) is 3.49. The number of anilines is 1. The first-order valence-electron chi connectivity index (χ1n) is 9.23. The van der Waals surface area contributed by atoms with Crippen LogP contribution >= 0.6 is 0 Å². The average Bonchev–Trinajstić information content (AvgIpc) is 3.25. The third-order valence-electron chi connectivity index (χ3n) is 5.73. The number of morpholine rings is 1. The van der Waals surface area contributed by atoms with Crippen LogP contribution in [0.25, 0.3) is 0 Å². The van der Waals surface area contributed by atoms with E-state index in [9.17, 15) is 4.79 Å². The number of aromatic nitrogens is 2. The molecule has 1 saturated heterocycles. The molecule has 2 saturated carbocycles. The maximum Gasteiger partial charge on any atom is 0.257 e. The number of carbonyl (C=O) groups is 1. The summed E-state index contributed by atoms with van der Waals surface area (Å²) in [7, 11) is 1.62. The molecule has 3 aliphatic rings. The number of rotatable bonds is 5. The molecule has 2 heterocycles. The second-order valence-electron chi connectivity index (χ2n) is 7.32. The minimum absolute atomic E-state index is 0.0400. The van der Waals surface area contributed by atoms with E-state index in [0.29, 0.717) is 56.2 Å². The highest BCUT2D eigenvalue weighted by molar-refractivity contribution is 5.95. The summed E-state index contributed by atoms with van der Waals surface area (Å²) in [6.07, 6.45) is 6.86. The van der Waals surface area contributed by atoms with E-state index in [2.05, 4.69) is 15.3 Å². The largest absolute Gasteiger partial charge is 0.378 e. The Labute approximate surface area is 148 Å². The highest BCUT2D eigenvalue weighted by Gasteiger charge is 2.39. The highest BCUT2D eigenvalue weighted by atomic mass is 16.5. The van der Waals surface area contributed by atoms with Crippen molar-refractivity contribution in [2.45, 2.75) is 38.3 Å². The monoisotopic (exact) mass is 346 g/mol. The van der Waals surface area contributed by atoms with E-state index in [1.165, 1.54) is 25.7 Å². The van der Waals surface area contributed by atoms with Gasteiger partial charge in [-0.05, 0) is 31.1 Å². The van der Waals surface area contributed by atoms with Crippen molar-refractivity contribution in [1.82, 2.24) is 14.9 Å². The van der Waals surface area contributed by atoms with Crippen molar-refractivity contribution in [3.63, 3.8) is 0 Å². The zero-order valence-electron chi connectivity index (χ0n) is 14.7. The molecule has 1 aromatic rings. The lowest BCUT2D eigenvalue weighted by molar-refractivity contribution is 0.0299. The van der Waals surface area contributed by atoms with Crippen LogP contribution in [0, 0.1) is 11.8 Å². The van der Waals surface area contributed by atoms with E-state index in [1.807, 2.05) is 0 Å². The Morgan fingerprint density at radius 1 is 1.36 bits per heavy atom. The Morgan fingerprint density at radius 2 is 2.20 bits per heavy atom. The standard InChI is InChI=1S/C18H26N4O3/c1-24-11-16-14(17(23)22-4-6-25-7-5-22)10-19-18(21-16)20-15-9-12-2-3-13(15)8-12/h10,12-13,15H,2-9,11H2,1H3,(H,19,20,21)/t12-,13+,15-/m1/s1. The van der Waals surface area contributed by atoms with Crippen molar-refractivity contribution in [2.75, 3.05) is 38.7 Å². The van der Waals surface area contributed by atoms with Gasteiger partial charge in [0.2, 0.25) is 5.95 Å². The van der Waals surface area contributed by atoms with E-state index in [0.717, 1.165) is 11.8 Å². The summed E-state index contributed by atoms with van der Waals surface area (Å²) in [5.41, 5.74) is 1.18. The first-order chi connectivity index (χ1) is 12.2. The van der Waals surface area contributed by atoms with Gasteiger partial charge in [0.25, 0.3) is 5.91 Å². The zero-order valence-corrected chi connectivity index (χ0v) is 14.7. The molecule has 0 aromatic carbocycles. The molecule has 1 amide bonds. The Hall–Kier alpha value is -1.73. The molecular weight excluding hydrogens is 320 g/mol. The summed E-state index contributed by atoms with van der Waals surface area (Å²) in [6, 6.07) is 0.468. The van der Waals surface area contributed by atoms with Crippen LogP contribution in [0.2, 0.25) is 0 Å². The van der Waals surface area contributed by atoms with Gasteiger partial charge in [-0.25, -0.2) is 9.97 Å².